The van der Waals surface area contributed by atoms with Gasteiger partial charge in [0.2, 0.25) is 0 Å². The second-order valence-corrected chi connectivity index (χ2v) is 3.18. The molecule has 3 nitrogen and oxygen atoms in total. The van der Waals surface area contributed by atoms with Gasteiger partial charge in [-0.1, -0.05) is 13.0 Å². The first-order chi connectivity index (χ1) is 6.77. The second-order valence-electron chi connectivity index (χ2n) is 3.18. The molecule has 0 aromatic heterocycles. The summed E-state index contributed by atoms with van der Waals surface area (Å²) in [6.45, 7) is 3.26. The number of rotatable bonds is 5. The van der Waals surface area contributed by atoms with Crippen molar-refractivity contribution in [2.24, 2.45) is 5.73 Å². The van der Waals surface area contributed by atoms with Gasteiger partial charge in [-0.2, -0.15) is 0 Å². The predicted molar refractivity (Wildman–Crippen MR) is 56.7 cm³/mol. The van der Waals surface area contributed by atoms with Crippen LogP contribution in [0.5, 0.6) is 11.5 Å². The molecule has 0 radical (unpaired) electrons. The van der Waals surface area contributed by atoms with Crippen LogP contribution >= 0.6 is 0 Å². The lowest BCUT2D eigenvalue weighted by atomic mass is 10.1. The summed E-state index contributed by atoms with van der Waals surface area (Å²) in [6.07, 6.45) is 1.66. The van der Waals surface area contributed by atoms with Crippen LogP contribution in [0.2, 0.25) is 0 Å². The lowest BCUT2D eigenvalue weighted by Crippen LogP contribution is -2.03. The third-order valence-electron chi connectivity index (χ3n) is 1.94. The molecule has 0 aliphatic carbocycles. The van der Waals surface area contributed by atoms with Crippen LogP contribution in [0, 0.1) is 0 Å². The molecular weight excluding hydrogens is 178 g/mol. The Morgan fingerprint density at radius 1 is 1.43 bits per heavy atom. The Morgan fingerprint density at radius 3 is 2.79 bits per heavy atom. The molecule has 0 unspecified atom stereocenters. The molecule has 78 valence electrons. The number of phenols is 1. The van der Waals surface area contributed by atoms with Gasteiger partial charge in [-0.05, 0) is 31.0 Å². The Morgan fingerprint density at radius 2 is 2.21 bits per heavy atom. The van der Waals surface area contributed by atoms with E-state index < -0.39 is 0 Å². The standard InChI is InChI=1S/C11H17NO2/c1-2-7-14-10-4-3-9(5-6-12)11(13)8-10/h3-4,8,13H,2,5-7,12H2,1H3. The summed E-state index contributed by atoms with van der Waals surface area (Å²) in [5.41, 5.74) is 6.28. The number of hydrogen-bond acceptors (Lipinski definition) is 3. The molecule has 0 fully saturated rings. The molecule has 0 saturated heterocycles. The van der Waals surface area contributed by atoms with Crippen molar-refractivity contribution in [3.8, 4) is 11.5 Å². The van der Waals surface area contributed by atoms with Crippen molar-refractivity contribution in [1.29, 1.82) is 0 Å². The fraction of sp³-hybridized carbons (Fsp3) is 0.455. The Bertz CT molecular complexity index is 287. The number of nitrogens with two attached hydrogens (primary N) is 1. The van der Waals surface area contributed by atoms with Crippen LogP contribution in [0.4, 0.5) is 0 Å². The molecular formula is C11H17NO2. The van der Waals surface area contributed by atoms with Crippen molar-refractivity contribution in [3.05, 3.63) is 23.8 Å². The van der Waals surface area contributed by atoms with Crippen LogP contribution < -0.4 is 10.5 Å². The van der Waals surface area contributed by atoms with Crippen molar-refractivity contribution >= 4 is 0 Å². The van der Waals surface area contributed by atoms with Gasteiger partial charge < -0.3 is 15.6 Å². The first-order valence-electron chi connectivity index (χ1n) is 4.92. The Kier molecular flexibility index (Phi) is 4.26. The minimum Gasteiger partial charge on any atom is -0.508 e. The maximum atomic E-state index is 9.59. The number of ether oxygens (including phenoxy) is 1. The molecule has 0 spiro atoms. The van der Waals surface area contributed by atoms with E-state index in [1.54, 1.807) is 6.07 Å². The fourth-order valence-corrected chi connectivity index (χ4v) is 1.22. The van der Waals surface area contributed by atoms with Gasteiger partial charge in [0, 0.05) is 6.07 Å². The molecule has 0 aliphatic rings. The molecule has 0 bridgehead atoms. The van der Waals surface area contributed by atoms with Crippen molar-refractivity contribution in [2.45, 2.75) is 19.8 Å². The van der Waals surface area contributed by atoms with Crippen molar-refractivity contribution < 1.29 is 9.84 Å². The second kappa shape index (κ2) is 5.50. The number of hydrogen-bond donors (Lipinski definition) is 2. The molecule has 0 aliphatic heterocycles. The lowest BCUT2D eigenvalue weighted by Gasteiger charge is -2.07. The van der Waals surface area contributed by atoms with E-state index in [4.69, 9.17) is 10.5 Å². The summed E-state index contributed by atoms with van der Waals surface area (Å²) in [6, 6.07) is 5.36. The number of benzene rings is 1. The fourth-order valence-electron chi connectivity index (χ4n) is 1.22. The first-order valence-corrected chi connectivity index (χ1v) is 4.92. The smallest absolute Gasteiger partial charge is 0.122 e. The number of phenolic OH excluding ortho intramolecular Hbond substituents is 1. The summed E-state index contributed by atoms with van der Waals surface area (Å²) < 4.78 is 5.38. The van der Waals surface area contributed by atoms with Crippen LogP contribution in [0.3, 0.4) is 0 Å². The zero-order valence-electron chi connectivity index (χ0n) is 8.49. The maximum Gasteiger partial charge on any atom is 0.122 e. The normalized spacial score (nSPS) is 10.1. The van der Waals surface area contributed by atoms with E-state index in [9.17, 15) is 5.11 Å². The zero-order valence-corrected chi connectivity index (χ0v) is 8.49. The Balaban J connectivity index is 2.68. The molecule has 0 saturated carbocycles. The minimum absolute atomic E-state index is 0.268. The van der Waals surface area contributed by atoms with Gasteiger partial charge in [-0.25, -0.2) is 0 Å². The molecule has 1 rings (SSSR count). The summed E-state index contributed by atoms with van der Waals surface area (Å²) in [5.74, 6) is 0.981. The highest BCUT2D eigenvalue weighted by Gasteiger charge is 2.01. The van der Waals surface area contributed by atoms with E-state index in [1.165, 1.54) is 0 Å². The van der Waals surface area contributed by atoms with Gasteiger partial charge in [0.15, 0.2) is 0 Å². The van der Waals surface area contributed by atoms with Crippen LogP contribution in [-0.4, -0.2) is 18.3 Å². The van der Waals surface area contributed by atoms with Crippen LogP contribution in [0.1, 0.15) is 18.9 Å². The molecule has 0 atom stereocenters. The largest absolute Gasteiger partial charge is 0.508 e. The third kappa shape index (κ3) is 2.92. The average Bonchev–Trinajstić information content (AvgIpc) is 2.19. The van der Waals surface area contributed by atoms with Gasteiger partial charge in [0.05, 0.1) is 6.61 Å². The van der Waals surface area contributed by atoms with E-state index >= 15 is 0 Å². The minimum atomic E-state index is 0.268. The quantitative estimate of drug-likeness (QED) is 0.751. The Hall–Kier alpha value is -1.22. The maximum absolute atomic E-state index is 9.59. The SMILES string of the molecule is CCCOc1ccc(CCN)c(O)c1. The molecule has 0 amide bonds. The molecule has 14 heavy (non-hydrogen) atoms. The van der Waals surface area contributed by atoms with Gasteiger partial charge in [0.1, 0.15) is 11.5 Å². The first kappa shape index (κ1) is 10.9. The topological polar surface area (TPSA) is 55.5 Å². The summed E-state index contributed by atoms with van der Waals surface area (Å²) in [5, 5.41) is 9.59. The van der Waals surface area contributed by atoms with Crippen LogP contribution in [0.15, 0.2) is 18.2 Å². The highest BCUT2D eigenvalue weighted by molar-refractivity contribution is 5.39. The van der Waals surface area contributed by atoms with Crippen molar-refractivity contribution in [2.75, 3.05) is 13.2 Å². The van der Waals surface area contributed by atoms with Gasteiger partial charge in [0.25, 0.3) is 0 Å². The molecule has 3 N–H and O–H groups in total. The van der Waals surface area contributed by atoms with Crippen LogP contribution in [0.25, 0.3) is 0 Å². The van der Waals surface area contributed by atoms with Gasteiger partial charge in [-0.3, -0.25) is 0 Å². The average molecular weight is 195 g/mol. The zero-order chi connectivity index (χ0) is 10.4. The highest BCUT2D eigenvalue weighted by Crippen LogP contribution is 2.23. The Labute approximate surface area is 84.5 Å². The number of aromatic hydroxyl groups is 1. The molecule has 0 heterocycles. The van der Waals surface area contributed by atoms with Crippen LogP contribution in [-0.2, 0) is 6.42 Å². The lowest BCUT2D eigenvalue weighted by molar-refractivity contribution is 0.315. The van der Waals surface area contributed by atoms with E-state index in [2.05, 4.69) is 0 Å². The molecule has 3 heteroatoms. The monoisotopic (exact) mass is 195 g/mol. The van der Waals surface area contributed by atoms with Crippen molar-refractivity contribution in [1.82, 2.24) is 0 Å². The predicted octanol–water partition coefficient (Wildman–Crippen LogP) is 1.68. The molecule has 1 aromatic carbocycles. The van der Waals surface area contributed by atoms with E-state index in [1.807, 2.05) is 19.1 Å². The van der Waals surface area contributed by atoms with E-state index in [0.29, 0.717) is 25.3 Å². The summed E-state index contributed by atoms with van der Waals surface area (Å²) in [7, 11) is 0. The van der Waals surface area contributed by atoms with Crippen molar-refractivity contribution in [3.63, 3.8) is 0 Å². The highest BCUT2D eigenvalue weighted by atomic mass is 16.5. The van der Waals surface area contributed by atoms with E-state index in [0.717, 1.165) is 12.0 Å². The summed E-state index contributed by atoms with van der Waals surface area (Å²) in [4.78, 5) is 0. The molecule has 1 aromatic rings. The van der Waals surface area contributed by atoms with Gasteiger partial charge >= 0.3 is 0 Å². The summed E-state index contributed by atoms with van der Waals surface area (Å²) >= 11 is 0. The van der Waals surface area contributed by atoms with Gasteiger partial charge in [-0.15, -0.1) is 0 Å². The van der Waals surface area contributed by atoms with E-state index in [-0.39, 0.29) is 5.75 Å². The third-order valence-corrected chi connectivity index (χ3v) is 1.94.